The third-order valence-corrected chi connectivity index (χ3v) is 2.15. The van der Waals surface area contributed by atoms with Crippen LogP contribution in [0.1, 0.15) is 5.76 Å². The van der Waals surface area contributed by atoms with E-state index in [0.29, 0.717) is 16.5 Å². The topological polar surface area (TPSA) is 84.1 Å². The van der Waals surface area contributed by atoms with Crippen LogP contribution in [0, 0.1) is 0 Å². The van der Waals surface area contributed by atoms with Gasteiger partial charge in [0.05, 0.1) is 18.7 Å². The zero-order chi connectivity index (χ0) is 12.3. The fraction of sp³-hybridized carbons (Fsp3) is 0.0909. The standard InChI is InChI=1S/C11H10N2O4/c1-16-11(15)13-12-6-9-7-4-2-3-5-8(7)10(14)17-9/h2-6,14H,1H3,(H,13,15)/b12-6+. The second-order valence-electron chi connectivity index (χ2n) is 3.18. The lowest BCUT2D eigenvalue weighted by Crippen LogP contribution is -2.16. The van der Waals surface area contributed by atoms with E-state index in [2.05, 4.69) is 15.3 Å². The molecular weight excluding hydrogens is 224 g/mol. The number of furan rings is 1. The molecule has 0 bridgehead atoms. The summed E-state index contributed by atoms with van der Waals surface area (Å²) >= 11 is 0. The number of amides is 1. The molecule has 0 aliphatic heterocycles. The number of fused-ring (bicyclic) bond motifs is 1. The summed E-state index contributed by atoms with van der Waals surface area (Å²) in [6.07, 6.45) is 0.611. The number of rotatable bonds is 2. The number of hydrogen-bond acceptors (Lipinski definition) is 5. The molecule has 0 spiro atoms. The first-order valence-electron chi connectivity index (χ1n) is 4.80. The van der Waals surface area contributed by atoms with E-state index in [1.807, 2.05) is 6.07 Å². The molecule has 0 saturated carbocycles. The van der Waals surface area contributed by atoms with Gasteiger partial charge >= 0.3 is 6.09 Å². The molecule has 1 heterocycles. The second kappa shape index (κ2) is 4.56. The monoisotopic (exact) mass is 234 g/mol. The maximum Gasteiger partial charge on any atom is 0.427 e. The molecule has 2 aromatic rings. The van der Waals surface area contributed by atoms with Gasteiger partial charge in [-0.1, -0.05) is 18.2 Å². The highest BCUT2D eigenvalue weighted by Gasteiger charge is 2.09. The van der Waals surface area contributed by atoms with Crippen molar-refractivity contribution >= 4 is 23.1 Å². The number of hydrazone groups is 1. The minimum absolute atomic E-state index is 0.180. The fourth-order valence-corrected chi connectivity index (χ4v) is 1.38. The molecule has 0 aliphatic carbocycles. The van der Waals surface area contributed by atoms with Crippen molar-refractivity contribution in [1.82, 2.24) is 5.43 Å². The van der Waals surface area contributed by atoms with Crippen molar-refractivity contribution < 1.29 is 19.1 Å². The number of hydrogen-bond donors (Lipinski definition) is 2. The Hall–Kier alpha value is -2.50. The molecule has 1 amide bonds. The zero-order valence-corrected chi connectivity index (χ0v) is 9.01. The Morgan fingerprint density at radius 3 is 2.88 bits per heavy atom. The summed E-state index contributed by atoms with van der Waals surface area (Å²) in [5.74, 6) is 0.176. The first-order valence-corrected chi connectivity index (χ1v) is 4.80. The van der Waals surface area contributed by atoms with Gasteiger partial charge in [0.25, 0.3) is 5.95 Å². The van der Waals surface area contributed by atoms with E-state index in [9.17, 15) is 9.90 Å². The Kier molecular flexibility index (Phi) is 2.95. The van der Waals surface area contributed by atoms with Crippen LogP contribution in [0.5, 0.6) is 5.95 Å². The van der Waals surface area contributed by atoms with Crippen molar-refractivity contribution in [2.75, 3.05) is 7.11 Å². The summed E-state index contributed by atoms with van der Waals surface area (Å²) in [6.45, 7) is 0. The van der Waals surface area contributed by atoms with Gasteiger partial charge in [0.1, 0.15) is 0 Å². The van der Waals surface area contributed by atoms with Crippen molar-refractivity contribution in [2.45, 2.75) is 0 Å². The molecule has 6 nitrogen and oxygen atoms in total. The molecule has 1 aromatic carbocycles. The molecule has 17 heavy (non-hydrogen) atoms. The lowest BCUT2D eigenvalue weighted by Gasteiger charge is -1.94. The predicted octanol–water partition coefficient (Wildman–Crippen LogP) is 1.83. The first-order chi connectivity index (χ1) is 8.22. The van der Waals surface area contributed by atoms with E-state index >= 15 is 0 Å². The molecule has 2 rings (SSSR count). The maximum atomic E-state index is 10.7. The Morgan fingerprint density at radius 2 is 2.18 bits per heavy atom. The number of nitrogens with one attached hydrogen (secondary N) is 1. The van der Waals surface area contributed by atoms with Crippen LogP contribution < -0.4 is 5.43 Å². The van der Waals surface area contributed by atoms with Gasteiger partial charge in [0.15, 0.2) is 5.76 Å². The van der Waals surface area contributed by atoms with Crippen LogP contribution in [0.3, 0.4) is 0 Å². The quantitative estimate of drug-likeness (QED) is 0.613. The molecule has 0 saturated heterocycles. The van der Waals surface area contributed by atoms with Crippen LogP contribution in [0.15, 0.2) is 33.8 Å². The minimum Gasteiger partial charge on any atom is -0.480 e. The van der Waals surface area contributed by atoms with Gasteiger partial charge in [-0.05, 0) is 6.07 Å². The molecule has 0 aliphatic rings. The molecule has 88 valence electrons. The maximum absolute atomic E-state index is 10.7. The number of aromatic hydroxyl groups is 1. The fourth-order valence-electron chi connectivity index (χ4n) is 1.38. The van der Waals surface area contributed by atoms with Crippen LogP contribution in [-0.2, 0) is 4.74 Å². The lowest BCUT2D eigenvalue weighted by atomic mass is 10.2. The average molecular weight is 234 g/mol. The van der Waals surface area contributed by atoms with E-state index in [4.69, 9.17) is 4.42 Å². The van der Waals surface area contributed by atoms with Gasteiger partial charge in [0.2, 0.25) is 0 Å². The van der Waals surface area contributed by atoms with Crippen molar-refractivity contribution in [1.29, 1.82) is 0 Å². The summed E-state index contributed by atoms with van der Waals surface area (Å²) < 4.78 is 9.43. The normalized spacial score (nSPS) is 10.9. The summed E-state index contributed by atoms with van der Waals surface area (Å²) in [6, 6.07) is 7.09. The Labute approximate surface area is 96.5 Å². The lowest BCUT2D eigenvalue weighted by molar-refractivity contribution is 0.171. The number of methoxy groups -OCH3 is 1. The number of nitrogens with zero attached hydrogens (tertiary/aromatic N) is 1. The van der Waals surface area contributed by atoms with Crippen molar-refractivity contribution in [3.05, 3.63) is 30.0 Å². The molecule has 0 atom stereocenters. The van der Waals surface area contributed by atoms with Gasteiger partial charge in [-0.2, -0.15) is 5.10 Å². The molecule has 0 radical (unpaired) electrons. The van der Waals surface area contributed by atoms with Gasteiger partial charge in [-0.15, -0.1) is 0 Å². The van der Waals surface area contributed by atoms with E-state index in [-0.39, 0.29) is 5.95 Å². The van der Waals surface area contributed by atoms with Crippen LogP contribution >= 0.6 is 0 Å². The predicted molar refractivity (Wildman–Crippen MR) is 61.0 cm³/mol. The van der Waals surface area contributed by atoms with Crippen LogP contribution in [0.2, 0.25) is 0 Å². The third-order valence-electron chi connectivity index (χ3n) is 2.15. The third kappa shape index (κ3) is 2.20. The number of benzene rings is 1. The summed E-state index contributed by atoms with van der Waals surface area (Å²) in [7, 11) is 1.24. The molecule has 0 unspecified atom stereocenters. The zero-order valence-electron chi connectivity index (χ0n) is 9.01. The summed E-state index contributed by atoms with van der Waals surface area (Å²) in [5.41, 5.74) is 2.12. The Morgan fingerprint density at radius 1 is 1.47 bits per heavy atom. The van der Waals surface area contributed by atoms with Gasteiger partial charge in [-0.3, -0.25) is 0 Å². The summed E-state index contributed by atoms with van der Waals surface area (Å²) in [5, 5.41) is 14.4. The highest BCUT2D eigenvalue weighted by atomic mass is 16.5. The van der Waals surface area contributed by atoms with Crippen molar-refractivity contribution in [3.8, 4) is 5.95 Å². The van der Waals surface area contributed by atoms with Crippen LogP contribution in [0.25, 0.3) is 10.8 Å². The summed E-state index contributed by atoms with van der Waals surface area (Å²) in [4.78, 5) is 10.7. The minimum atomic E-state index is -0.679. The van der Waals surface area contributed by atoms with Crippen LogP contribution in [0.4, 0.5) is 4.79 Å². The highest BCUT2D eigenvalue weighted by molar-refractivity contribution is 6.00. The SMILES string of the molecule is COC(=O)N/N=C/c1oc(O)c2ccccc12. The Balaban J connectivity index is 2.27. The number of carbonyl (C=O) groups is 1. The molecule has 1 aromatic heterocycles. The molecule has 6 heteroatoms. The molecular formula is C11H10N2O4. The van der Waals surface area contributed by atoms with Crippen LogP contribution in [-0.4, -0.2) is 24.5 Å². The van der Waals surface area contributed by atoms with Gasteiger partial charge in [0, 0.05) is 5.39 Å². The number of carbonyl (C=O) groups excluding carboxylic acids is 1. The van der Waals surface area contributed by atoms with Crippen molar-refractivity contribution in [3.63, 3.8) is 0 Å². The smallest absolute Gasteiger partial charge is 0.427 e. The van der Waals surface area contributed by atoms with E-state index in [1.54, 1.807) is 18.2 Å². The molecule has 0 fully saturated rings. The second-order valence-corrected chi connectivity index (χ2v) is 3.18. The van der Waals surface area contributed by atoms with Crippen molar-refractivity contribution in [2.24, 2.45) is 5.10 Å². The van der Waals surface area contributed by atoms with E-state index in [0.717, 1.165) is 0 Å². The largest absolute Gasteiger partial charge is 0.480 e. The average Bonchev–Trinajstić information content (AvgIpc) is 2.67. The highest BCUT2D eigenvalue weighted by Crippen LogP contribution is 2.29. The van der Waals surface area contributed by atoms with Gasteiger partial charge in [-0.25, -0.2) is 10.2 Å². The first kappa shape index (κ1) is 11.0. The Bertz CT molecular complexity index is 574. The number of ether oxygens (including phenoxy) is 1. The van der Waals surface area contributed by atoms with E-state index in [1.165, 1.54) is 13.3 Å². The molecule has 2 N–H and O–H groups in total. The van der Waals surface area contributed by atoms with E-state index < -0.39 is 6.09 Å². The van der Waals surface area contributed by atoms with Gasteiger partial charge < -0.3 is 14.3 Å².